The van der Waals surface area contributed by atoms with Crippen LogP contribution in [0.2, 0.25) is 0 Å². The normalized spacial score (nSPS) is 10.7. The first kappa shape index (κ1) is 14.4. The maximum atomic E-state index is 6.00. The van der Waals surface area contributed by atoms with Crippen LogP contribution in [0.5, 0.6) is 5.75 Å². The molecular formula is C18H23NO. The molecule has 0 aliphatic heterocycles. The number of nitrogens with two attached hydrogens (primary N) is 1. The molecule has 0 atom stereocenters. The molecule has 2 rings (SSSR count). The predicted molar refractivity (Wildman–Crippen MR) is 85.3 cm³/mol. The van der Waals surface area contributed by atoms with Crippen LogP contribution in [0.15, 0.2) is 24.3 Å². The minimum Gasteiger partial charge on any atom is -0.489 e. The van der Waals surface area contributed by atoms with Crippen LogP contribution in [0.4, 0.5) is 5.69 Å². The Kier molecular flexibility index (Phi) is 4.03. The number of ether oxygens (including phenoxy) is 1. The minimum absolute atomic E-state index is 0.599. The van der Waals surface area contributed by atoms with Gasteiger partial charge in [-0.3, -0.25) is 0 Å². The number of rotatable bonds is 3. The van der Waals surface area contributed by atoms with E-state index in [0.717, 1.165) is 22.6 Å². The van der Waals surface area contributed by atoms with Gasteiger partial charge in [0.15, 0.2) is 0 Å². The summed E-state index contributed by atoms with van der Waals surface area (Å²) in [4.78, 5) is 0. The maximum absolute atomic E-state index is 6.00. The number of anilines is 1. The summed E-state index contributed by atoms with van der Waals surface area (Å²) in [5, 5.41) is 0. The Morgan fingerprint density at radius 2 is 1.40 bits per heavy atom. The predicted octanol–water partition coefficient (Wildman–Crippen LogP) is 4.39. The molecule has 2 N–H and O–H groups in total. The molecule has 2 heteroatoms. The summed E-state index contributed by atoms with van der Waals surface area (Å²) in [6.07, 6.45) is 0. The Balaban J connectivity index is 2.23. The molecule has 0 aromatic heterocycles. The standard InChI is InChI=1S/C18H23NO/c1-11-6-12(2)16(13(3)7-11)10-20-18-9-14(4)17(19)8-15(18)5/h6-9H,10,19H2,1-5H3. The lowest BCUT2D eigenvalue weighted by atomic mass is 10.0. The second kappa shape index (κ2) is 5.58. The molecule has 0 heterocycles. The number of nitrogen functional groups attached to an aromatic ring is 1. The molecule has 2 aromatic rings. The van der Waals surface area contributed by atoms with Crippen LogP contribution < -0.4 is 10.5 Å². The third-order valence-corrected chi connectivity index (χ3v) is 3.78. The van der Waals surface area contributed by atoms with Gasteiger partial charge in [0.2, 0.25) is 0 Å². The van der Waals surface area contributed by atoms with Crippen LogP contribution in [-0.4, -0.2) is 0 Å². The van der Waals surface area contributed by atoms with Gasteiger partial charge in [-0.2, -0.15) is 0 Å². The van der Waals surface area contributed by atoms with Gasteiger partial charge in [0.25, 0.3) is 0 Å². The fourth-order valence-electron chi connectivity index (χ4n) is 2.56. The van der Waals surface area contributed by atoms with Gasteiger partial charge in [-0.05, 0) is 74.6 Å². The molecule has 0 amide bonds. The minimum atomic E-state index is 0.599. The van der Waals surface area contributed by atoms with Gasteiger partial charge in [-0.15, -0.1) is 0 Å². The summed E-state index contributed by atoms with van der Waals surface area (Å²) in [5.74, 6) is 0.913. The van der Waals surface area contributed by atoms with Crippen molar-refractivity contribution in [2.45, 2.75) is 41.2 Å². The molecule has 0 saturated heterocycles. The average molecular weight is 269 g/mol. The van der Waals surface area contributed by atoms with E-state index in [0.29, 0.717) is 6.61 Å². The largest absolute Gasteiger partial charge is 0.489 e. The molecule has 0 radical (unpaired) electrons. The van der Waals surface area contributed by atoms with Crippen molar-refractivity contribution in [2.75, 3.05) is 5.73 Å². The van der Waals surface area contributed by atoms with E-state index in [4.69, 9.17) is 10.5 Å². The van der Waals surface area contributed by atoms with E-state index in [2.05, 4.69) is 32.9 Å². The highest BCUT2D eigenvalue weighted by atomic mass is 16.5. The zero-order valence-electron chi connectivity index (χ0n) is 13.0. The lowest BCUT2D eigenvalue weighted by Gasteiger charge is -2.15. The average Bonchev–Trinajstić information content (AvgIpc) is 2.33. The third kappa shape index (κ3) is 2.96. The van der Waals surface area contributed by atoms with Gasteiger partial charge >= 0.3 is 0 Å². The molecule has 2 aromatic carbocycles. The smallest absolute Gasteiger partial charge is 0.123 e. The molecule has 106 valence electrons. The molecule has 0 fully saturated rings. The highest BCUT2D eigenvalue weighted by Crippen LogP contribution is 2.26. The highest BCUT2D eigenvalue weighted by molar-refractivity contribution is 5.53. The van der Waals surface area contributed by atoms with Crippen LogP contribution in [0.1, 0.15) is 33.4 Å². The number of hydrogen-bond acceptors (Lipinski definition) is 2. The summed E-state index contributed by atoms with van der Waals surface area (Å²) in [6, 6.07) is 8.39. The molecule has 20 heavy (non-hydrogen) atoms. The Morgan fingerprint density at radius 1 is 0.800 bits per heavy atom. The van der Waals surface area contributed by atoms with E-state index in [-0.39, 0.29) is 0 Å². The van der Waals surface area contributed by atoms with E-state index in [1.807, 2.05) is 26.0 Å². The van der Waals surface area contributed by atoms with Crippen LogP contribution in [0, 0.1) is 34.6 Å². The summed E-state index contributed by atoms with van der Waals surface area (Å²) in [7, 11) is 0. The fourth-order valence-corrected chi connectivity index (χ4v) is 2.56. The van der Waals surface area contributed by atoms with Crippen LogP contribution >= 0.6 is 0 Å². The zero-order chi connectivity index (χ0) is 14.9. The second-order valence-electron chi connectivity index (χ2n) is 5.64. The van der Waals surface area contributed by atoms with Crippen molar-refractivity contribution in [3.05, 3.63) is 57.6 Å². The lowest BCUT2D eigenvalue weighted by molar-refractivity contribution is 0.302. The first-order valence-electron chi connectivity index (χ1n) is 6.94. The van der Waals surface area contributed by atoms with Crippen molar-refractivity contribution in [3.63, 3.8) is 0 Å². The maximum Gasteiger partial charge on any atom is 0.123 e. The SMILES string of the molecule is Cc1cc(C)c(COc2cc(C)c(N)cc2C)c(C)c1. The first-order valence-corrected chi connectivity index (χ1v) is 6.94. The Hall–Kier alpha value is -1.96. The van der Waals surface area contributed by atoms with E-state index in [1.165, 1.54) is 22.3 Å². The van der Waals surface area contributed by atoms with Crippen molar-refractivity contribution >= 4 is 5.69 Å². The molecule has 0 spiro atoms. The van der Waals surface area contributed by atoms with Gasteiger partial charge < -0.3 is 10.5 Å². The Labute approximate surface area is 121 Å². The molecular weight excluding hydrogens is 246 g/mol. The summed E-state index contributed by atoms with van der Waals surface area (Å²) < 4.78 is 6.00. The van der Waals surface area contributed by atoms with Crippen LogP contribution in [-0.2, 0) is 6.61 Å². The van der Waals surface area contributed by atoms with Crippen LogP contribution in [0.3, 0.4) is 0 Å². The van der Waals surface area contributed by atoms with Gasteiger partial charge in [0.1, 0.15) is 12.4 Å². The monoisotopic (exact) mass is 269 g/mol. The second-order valence-corrected chi connectivity index (χ2v) is 5.64. The Bertz CT molecular complexity index is 621. The quantitative estimate of drug-likeness (QED) is 0.839. The van der Waals surface area contributed by atoms with Crippen LogP contribution in [0.25, 0.3) is 0 Å². The summed E-state index contributed by atoms with van der Waals surface area (Å²) in [5.41, 5.74) is 14.0. The van der Waals surface area contributed by atoms with E-state index >= 15 is 0 Å². The van der Waals surface area contributed by atoms with E-state index < -0.39 is 0 Å². The molecule has 0 saturated carbocycles. The van der Waals surface area contributed by atoms with Crippen molar-refractivity contribution in [1.82, 2.24) is 0 Å². The number of aryl methyl sites for hydroxylation is 5. The van der Waals surface area contributed by atoms with Gasteiger partial charge in [0.05, 0.1) is 0 Å². The molecule has 0 bridgehead atoms. The van der Waals surface area contributed by atoms with Crippen molar-refractivity contribution in [3.8, 4) is 5.75 Å². The summed E-state index contributed by atoms with van der Waals surface area (Å²) in [6.45, 7) is 11.0. The summed E-state index contributed by atoms with van der Waals surface area (Å²) >= 11 is 0. The Morgan fingerprint density at radius 3 is 2.00 bits per heavy atom. The number of benzene rings is 2. The molecule has 0 aliphatic rings. The van der Waals surface area contributed by atoms with Gasteiger partial charge in [-0.25, -0.2) is 0 Å². The molecule has 0 aliphatic carbocycles. The topological polar surface area (TPSA) is 35.2 Å². The lowest BCUT2D eigenvalue weighted by Crippen LogP contribution is -2.03. The fraction of sp³-hybridized carbons (Fsp3) is 0.333. The van der Waals surface area contributed by atoms with Crippen molar-refractivity contribution in [2.24, 2.45) is 0 Å². The van der Waals surface area contributed by atoms with Crippen molar-refractivity contribution < 1.29 is 4.74 Å². The highest BCUT2D eigenvalue weighted by Gasteiger charge is 2.07. The third-order valence-electron chi connectivity index (χ3n) is 3.78. The van der Waals surface area contributed by atoms with Gasteiger partial charge in [0, 0.05) is 5.69 Å². The zero-order valence-corrected chi connectivity index (χ0v) is 13.0. The van der Waals surface area contributed by atoms with Crippen molar-refractivity contribution in [1.29, 1.82) is 0 Å². The van der Waals surface area contributed by atoms with E-state index in [9.17, 15) is 0 Å². The van der Waals surface area contributed by atoms with E-state index in [1.54, 1.807) is 0 Å². The molecule has 0 unspecified atom stereocenters. The molecule has 2 nitrogen and oxygen atoms in total. The first-order chi connectivity index (χ1) is 9.38. The van der Waals surface area contributed by atoms with Gasteiger partial charge in [-0.1, -0.05) is 17.7 Å². The number of hydrogen-bond donors (Lipinski definition) is 1.